The van der Waals surface area contributed by atoms with Crippen molar-refractivity contribution >= 4 is 29.0 Å². The van der Waals surface area contributed by atoms with Crippen molar-refractivity contribution in [2.24, 2.45) is 0 Å². The van der Waals surface area contributed by atoms with Crippen molar-refractivity contribution in [2.75, 3.05) is 25.5 Å². The maximum Gasteiger partial charge on any atom is 0.232 e. The van der Waals surface area contributed by atoms with Gasteiger partial charge in [0.2, 0.25) is 5.91 Å². The summed E-state index contributed by atoms with van der Waals surface area (Å²) in [6, 6.07) is 14.9. The second kappa shape index (κ2) is 10.00. The van der Waals surface area contributed by atoms with Gasteiger partial charge in [-0.05, 0) is 36.3 Å². The Labute approximate surface area is 158 Å². The first-order chi connectivity index (χ1) is 12.3. The molecule has 0 spiro atoms. The Kier molecular flexibility index (Phi) is 7.39. The molecular weight excluding hydrogens is 350 g/mol. The van der Waals surface area contributed by atoms with E-state index in [1.165, 1.54) is 10.4 Å². The maximum atomic E-state index is 12.9. The third-order valence-corrected chi connectivity index (χ3v) is 6.39. The fourth-order valence-corrected chi connectivity index (χ4v) is 4.68. The van der Waals surface area contributed by atoms with Gasteiger partial charge < -0.3 is 9.64 Å². The minimum absolute atomic E-state index is 0.268. The van der Waals surface area contributed by atoms with E-state index in [4.69, 9.17) is 4.74 Å². The molecule has 3 nitrogen and oxygen atoms in total. The predicted molar refractivity (Wildman–Crippen MR) is 106 cm³/mol. The number of hydrogen-bond donors (Lipinski definition) is 0. The molecule has 134 valence electrons. The van der Waals surface area contributed by atoms with Crippen LogP contribution in [0.3, 0.4) is 0 Å². The third-order valence-electron chi connectivity index (χ3n) is 4.47. The number of thiophene rings is 1. The molecule has 0 radical (unpaired) electrons. The number of carbonyl (C=O) groups excluding carboxylic acids is 1. The fraction of sp³-hybridized carbons (Fsp3) is 0.450. The maximum absolute atomic E-state index is 12.9. The molecular formula is C20H25NO2S2. The van der Waals surface area contributed by atoms with Gasteiger partial charge in [0.05, 0.1) is 5.75 Å². The molecule has 0 unspecified atom stereocenters. The molecule has 3 rings (SSSR count). The van der Waals surface area contributed by atoms with Gasteiger partial charge in [-0.2, -0.15) is 0 Å². The molecule has 0 atom stereocenters. The highest BCUT2D eigenvalue weighted by molar-refractivity contribution is 7.99. The van der Waals surface area contributed by atoms with Crippen LogP contribution in [0.4, 0.5) is 0 Å². The van der Waals surface area contributed by atoms with E-state index in [1.807, 2.05) is 18.2 Å². The Morgan fingerprint density at radius 2 is 1.96 bits per heavy atom. The summed E-state index contributed by atoms with van der Waals surface area (Å²) in [4.78, 5) is 16.3. The molecule has 2 heterocycles. The summed E-state index contributed by atoms with van der Waals surface area (Å²) < 4.78 is 5.48. The second-order valence-electron chi connectivity index (χ2n) is 6.24. The summed E-state index contributed by atoms with van der Waals surface area (Å²) >= 11 is 3.48. The Bertz CT molecular complexity index is 624. The number of rotatable bonds is 8. The fourth-order valence-electron chi connectivity index (χ4n) is 3.11. The number of hydrogen-bond acceptors (Lipinski definition) is 4. The second-order valence-corrected chi connectivity index (χ2v) is 8.26. The summed E-state index contributed by atoms with van der Waals surface area (Å²) in [7, 11) is 0. The van der Waals surface area contributed by atoms with Crippen molar-refractivity contribution in [3.8, 4) is 0 Å². The summed E-state index contributed by atoms with van der Waals surface area (Å²) in [6.07, 6.45) is 2.86. The lowest BCUT2D eigenvalue weighted by molar-refractivity contribution is -0.132. The van der Waals surface area contributed by atoms with Crippen molar-refractivity contribution in [1.82, 2.24) is 4.90 Å². The molecule has 1 amide bonds. The van der Waals surface area contributed by atoms with Crippen LogP contribution in [0.25, 0.3) is 0 Å². The molecule has 0 N–H and O–H groups in total. The van der Waals surface area contributed by atoms with Gasteiger partial charge in [-0.15, -0.1) is 23.1 Å². The summed E-state index contributed by atoms with van der Waals surface area (Å²) in [6.45, 7) is 2.35. The summed E-state index contributed by atoms with van der Waals surface area (Å²) in [5.41, 5.74) is 1.27. The van der Waals surface area contributed by atoms with E-state index in [1.54, 1.807) is 23.1 Å². The van der Waals surface area contributed by atoms with Gasteiger partial charge in [0.15, 0.2) is 0 Å². The normalized spacial score (nSPS) is 15.2. The van der Waals surface area contributed by atoms with Gasteiger partial charge >= 0.3 is 0 Å². The van der Waals surface area contributed by atoms with Gasteiger partial charge in [-0.1, -0.05) is 36.4 Å². The van der Waals surface area contributed by atoms with E-state index in [2.05, 4.69) is 34.5 Å². The first-order valence-electron chi connectivity index (χ1n) is 8.84. The Morgan fingerprint density at radius 1 is 1.16 bits per heavy atom. The number of carbonyl (C=O) groups is 1. The third kappa shape index (κ3) is 5.87. The number of ether oxygens (including phenoxy) is 1. The number of thioether (sulfide) groups is 1. The molecule has 1 aliphatic rings. The van der Waals surface area contributed by atoms with E-state index in [9.17, 15) is 4.79 Å². The average molecular weight is 376 g/mol. The lowest BCUT2D eigenvalue weighted by atomic mass is 10.1. The predicted octanol–water partition coefficient (Wildman–Crippen LogP) is 4.23. The van der Waals surface area contributed by atoms with Crippen molar-refractivity contribution in [3.05, 3.63) is 58.3 Å². The highest BCUT2D eigenvalue weighted by Crippen LogP contribution is 2.19. The molecule has 1 fully saturated rings. The van der Waals surface area contributed by atoms with Crippen LogP contribution in [0.2, 0.25) is 0 Å². The van der Waals surface area contributed by atoms with Crippen LogP contribution in [0.5, 0.6) is 0 Å². The van der Waals surface area contributed by atoms with Gasteiger partial charge in [-0.25, -0.2) is 0 Å². The summed E-state index contributed by atoms with van der Waals surface area (Å²) in [5, 5.41) is 2.10. The summed E-state index contributed by atoms with van der Waals surface area (Å²) in [5.74, 6) is 1.71. The smallest absolute Gasteiger partial charge is 0.232 e. The lowest BCUT2D eigenvalue weighted by Gasteiger charge is -2.34. The van der Waals surface area contributed by atoms with Gasteiger partial charge in [0, 0.05) is 36.4 Å². The zero-order valence-electron chi connectivity index (χ0n) is 14.4. The molecule has 0 aliphatic carbocycles. The van der Waals surface area contributed by atoms with Gasteiger partial charge in [0.1, 0.15) is 0 Å². The number of amides is 1. The van der Waals surface area contributed by atoms with Crippen LogP contribution in [0.15, 0.2) is 47.8 Å². The molecule has 1 aromatic carbocycles. The minimum atomic E-state index is 0.268. The van der Waals surface area contributed by atoms with Crippen LogP contribution < -0.4 is 0 Å². The average Bonchev–Trinajstić information content (AvgIpc) is 3.17. The SMILES string of the molecule is O=C(CSCc1ccccc1)N(CCc1cccs1)C1CCOCC1. The first-order valence-corrected chi connectivity index (χ1v) is 10.9. The van der Waals surface area contributed by atoms with Crippen LogP contribution >= 0.6 is 23.1 Å². The Morgan fingerprint density at radius 3 is 2.68 bits per heavy atom. The molecule has 5 heteroatoms. The molecule has 1 saturated heterocycles. The highest BCUT2D eigenvalue weighted by Gasteiger charge is 2.25. The van der Waals surface area contributed by atoms with Crippen LogP contribution in [-0.4, -0.2) is 42.4 Å². The zero-order valence-corrected chi connectivity index (χ0v) is 16.1. The minimum Gasteiger partial charge on any atom is -0.381 e. The first kappa shape index (κ1) is 18.5. The van der Waals surface area contributed by atoms with Crippen molar-refractivity contribution < 1.29 is 9.53 Å². The molecule has 25 heavy (non-hydrogen) atoms. The largest absolute Gasteiger partial charge is 0.381 e. The zero-order chi connectivity index (χ0) is 17.3. The standard InChI is InChI=1S/C20H25NO2S2/c22-20(16-24-15-17-5-2-1-3-6-17)21(18-9-12-23-13-10-18)11-8-19-7-4-14-25-19/h1-7,14,18H,8-13,15-16H2. The topological polar surface area (TPSA) is 29.5 Å². The van der Waals surface area contributed by atoms with E-state index in [0.29, 0.717) is 11.8 Å². The monoisotopic (exact) mass is 375 g/mol. The van der Waals surface area contributed by atoms with Crippen LogP contribution in [0, 0.1) is 0 Å². The van der Waals surface area contributed by atoms with Crippen LogP contribution in [-0.2, 0) is 21.7 Å². The Balaban J connectivity index is 1.53. The quantitative estimate of drug-likeness (QED) is 0.691. The van der Waals surface area contributed by atoms with E-state index in [-0.39, 0.29) is 5.91 Å². The molecule has 0 saturated carbocycles. The highest BCUT2D eigenvalue weighted by atomic mass is 32.2. The molecule has 2 aromatic rings. The number of nitrogens with zero attached hydrogens (tertiary/aromatic N) is 1. The van der Waals surface area contributed by atoms with Gasteiger partial charge in [-0.3, -0.25) is 4.79 Å². The molecule has 0 bridgehead atoms. The molecule has 1 aromatic heterocycles. The number of benzene rings is 1. The van der Waals surface area contributed by atoms with Crippen molar-refractivity contribution in [3.63, 3.8) is 0 Å². The van der Waals surface area contributed by atoms with E-state index >= 15 is 0 Å². The van der Waals surface area contributed by atoms with E-state index in [0.717, 1.165) is 44.8 Å². The van der Waals surface area contributed by atoms with Crippen LogP contribution in [0.1, 0.15) is 23.3 Å². The van der Waals surface area contributed by atoms with Gasteiger partial charge in [0.25, 0.3) is 0 Å². The molecule has 1 aliphatic heterocycles. The van der Waals surface area contributed by atoms with Crippen molar-refractivity contribution in [2.45, 2.75) is 31.1 Å². The van der Waals surface area contributed by atoms with E-state index < -0.39 is 0 Å². The Hall–Kier alpha value is -1.30. The lowest BCUT2D eigenvalue weighted by Crippen LogP contribution is -2.45. The van der Waals surface area contributed by atoms with Crippen molar-refractivity contribution in [1.29, 1.82) is 0 Å².